The summed E-state index contributed by atoms with van der Waals surface area (Å²) in [5.41, 5.74) is 0.426. The van der Waals surface area contributed by atoms with Crippen molar-refractivity contribution >= 4 is 44.5 Å². The predicted molar refractivity (Wildman–Crippen MR) is 104 cm³/mol. The van der Waals surface area contributed by atoms with Gasteiger partial charge in [-0.2, -0.15) is 0 Å². The molecule has 0 fully saturated rings. The third kappa shape index (κ3) is 3.41. The van der Waals surface area contributed by atoms with Crippen LogP contribution in [0.1, 0.15) is 10.6 Å². The zero-order valence-electron chi connectivity index (χ0n) is 13.6. The van der Waals surface area contributed by atoms with E-state index in [2.05, 4.69) is 15.9 Å². The smallest absolute Gasteiger partial charge is 0.379 e. The van der Waals surface area contributed by atoms with Crippen LogP contribution in [0, 0.1) is 0 Å². The van der Waals surface area contributed by atoms with Gasteiger partial charge in [-0.05, 0) is 46.3 Å². The van der Waals surface area contributed by atoms with E-state index in [9.17, 15) is 9.59 Å². The highest BCUT2D eigenvalue weighted by Gasteiger charge is 2.23. The fourth-order valence-corrected chi connectivity index (χ4v) is 3.07. The molecule has 2 aromatic carbocycles. The van der Waals surface area contributed by atoms with E-state index in [0.29, 0.717) is 20.8 Å². The van der Waals surface area contributed by atoms with Crippen LogP contribution in [0.5, 0.6) is 5.75 Å². The van der Waals surface area contributed by atoms with E-state index in [0.717, 1.165) is 0 Å². The number of ether oxygens (including phenoxy) is 1. The van der Waals surface area contributed by atoms with Crippen molar-refractivity contribution in [2.24, 2.45) is 0 Å². The molecule has 134 valence electrons. The summed E-state index contributed by atoms with van der Waals surface area (Å²) in [5, 5.41) is 0.583. The summed E-state index contributed by atoms with van der Waals surface area (Å²) in [7, 11) is 0. The number of halogens is 2. The zero-order chi connectivity index (χ0) is 19.0. The monoisotopic (exact) mass is 444 g/mol. The molecule has 4 rings (SSSR count). The maximum absolute atomic E-state index is 13.0. The minimum Gasteiger partial charge on any atom is -0.452 e. The molecular weight excluding hydrogens is 436 g/mol. The second kappa shape index (κ2) is 7.06. The van der Waals surface area contributed by atoms with E-state index in [-0.39, 0.29) is 22.7 Å². The average Bonchev–Trinajstić information content (AvgIpc) is 3.11. The standard InChI is InChI=1S/C20H10BrClO5/c21-16-9-8-15(25-16)20(24)27-19-17(23)13-10-12(22)6-7-14(13)26-18(19)11-4-2-1-3-5-11/h1-10H. The van der Waals surface area contributed by atoms with E-state index in [4.69, 9.17) is 25.2 Å². The van der Waals surface area contributed by atoms with Crippen LogP contribution < -0.4 is 10.2 Å². The Morgan fingerprint density at radius 1 is 1.00 bits per heavy atom. The Morgan fingerprint density at radius 3 is 2.48 bits per heavy atom. The van der Waals surface area contributed by atoms with Crippen LogP contribution in [-0.4, -0.2) is 5.97 Å². The maximum atomic E-state index is 13.0. The molecule has 0 saturated heterocycles. The molecule has 0 unspecified atom stereocenters. The quantitative estimate of drug-likeness (QED) is 0.379. The van der Waals surface area contributed by atoms with Gasteiger partial charge in [0.1, 0.15) is 5.58 Å². The highest BCUT2D eigenvalue weighted by molar-refractivity contribution is 9.10. The van der Waals surface area contributed by atoms with Gasteiger partial charge in [0.2, 0.25) is 16.9 Å². The fraction of sp³-hybridized carbons (Fsp3) is 0. The summed E-state index contributed by atoms with van der Waals surface area (Å²) >= 11 is 9.12. The molecule has 2 heterocycles. The Labute approximate surface area is 166 Å². The summed E-state index contributed by atoms with van der Waals surface area (Å²) in [5.74, 6) is -0.944. The molecular formula is C20H10BrClO5. The molecule has 0 N–H and O–H groups in total. The normalized spacial score (nSPS) is 10.9. The fourth-order valence-electron chi connectivity index (χ4n) is 2.59. The highest BCUT2D eigenvalue weighted by atomic mass is 79.9. The van der Waals surface area contributed by atoms with Crippen molar-refractivity contribution in [3.05, 3.63) is 86.3 Å². The third-order valence-electron chi connectivity index (χ3n) is 3.82. The van der Waals surface area contributed by atoms with Crippen LogP contribution in [0.3, 0.4) is 0 Å². The Bertz CT molecular complexity index is 1210. The van der Waals surface area contributed by atoms with Crippen LogP contribution in [0.25, 0.3) is 22.3 Å². The largest absolute Gasteiger partial charge is 0.452 e. The van der Waals surface area contributed by atoms with Gasteiger partial charge in [0.05, 0.1) is 5.39 Å². The number of hydrogen-bond acceptors (Lipinski definition) is 5. The van der Waals surface area contributed by atoms with Gasteiger partial charge in [-0.1, -0.05) is 41.9 Å². The second-order valence-electron chi connectivity index (χ2n) is 5.59. The van der Waals surface area contributed by atoms with Gasteiger partial charge in [0.15, 0.2) is 10.4 Å². The van der Waals surface area contributed by atoms with Gasteiger partial charge in [-0.15, -0.1) is 0 Å². The molecule has 0 spiro atoms. The number of hydrogen-bond donors (Lipinski definition) is 0. The van der Waals surface area contributed by atoms with E-state index >= 15 is 0 Å². The van der Waals surface area contributed by atoms with Crippen molar-refractivity contribution in [3.8, 4) is 17.1 Å². The van der Waals surface area contributed by atoms with Crippen LogP contribution in [0.2, 0.25) is 5.02 Å². The minimum atomic E-state index is -0.813. The lowest BCUT2D eigenvalue weighted by molar-refractivity contribution is 0.0696. The number of fused-ring (bicyclic) bond motifs is 1. The van der Waals surface area contributed by atoms with Crippen molar-refractivity contribution in [1.82, 2.24) is 0 Å². The second-order valence-corrected chi connectivity index (χ2v) is 6.81. The Kier molecular flexibility index (Phi) is 4.59. The minimum absolute atomic E-state index is 0.0496. The van der Waals surface area contributed by atoms with Gasteiger partial charge in [-0.25, -0.2) is 4.79 Å². The van der Waals surface area contributed by atoms with Crippen LogP contribution in [0.4, 0.5) is 0 Å². The third-order valence-corrected chi connectivity index (χ3v) is 4.48. The van der Waals surface area contributed by atoms with Gasteiger partial charge < -0.3 is 13.6 Å². The zero-order valence-corrected chi connectivity index (χ0v) is 15.9. The van der Waals surface area contributed by atoms with Crippen molar-refractivity contribution in [2.75, 3.05) is 0 Å². The topological polar surface area (TPSA) is 69.7 Å². The lowest BCUT2D eigenvalue weighted by atomic mass is 10.1. The van der Waals surface area contributed by atoms with Crippen molar-refractivity contribution < 1.29 is 18.4 Å². The molecule has 0 aliphatic heterocycles. The molecule has 0 radical (unpaired) electrons. The van der Waals surface area contributed by atoms with Crippen molar-refractivity contribution in [1.29, 1.82) is 0 Å². The number of carbonyl (C=O) groups is 1. The Morgan fingerprint density at radius 2 is 1.78 bits per heavy atom. The molecule has 0 amide bonds. The molecule has 2 aromatic heterocycles. The lowest BCUT2D eigenvalue weighted by Gasteiger charge is -2.10. The number of esters is 1. The summed E-state index contributed by atoms with van der Waals surface area (Å²) in [4.78, 5) is 25.4. The average molecular weight is 446 g/mol. The number of carbonyl (C=O) groups excluding carboxylic acids is 1. The lowest BCUT2D eigenvalue weighted by Crippen LogP contribution is -2.15. The SMILES string of the molecule is O=C(Oc1c(-c2ccccc2)oc2ccc(Cl)cc2c1=O)c1ccc(Br)o1. The van der Waals surface area contributed by atoms with Crippen LogP contribution in [0.15, 0.2) is 79.0 Å². The van der Waals surface area contributed by atoms with E-state index in [1.54, 1.807) is 42.5 Å². The van der Waals surface area contributed by atoms with Gasteiger partial charge in [-0.3, -0.25) is 4.79 Å². The Hall–Kier alpha value is -2.83. The van der Waals surface area contributed by atoms with Crippen LogP contribution in [-0.2, 0) is 0 Å². The molecule has 7 heteroatoms. The van der Waals surface area contributed by atoms with E-state index in [1.807, 2.05) is 6.07 Å². The van der Waals surface area contributed by atoms with E-state index in [1.165, 1.54) is 12.1 Å². The maximum Gasteiger partial charge on any atom is 0.379 e. The molecule has 0 saturated carbocycles. The molecule has 27 heavy (non-hydrogen) atoms. The number of furan rings is 1. The molecule has 4 aromatic rings. The first-order chi connectivity index (χ1) is 13.0. The first kappa shape index (κ1) is 17.6. The first-order valence-corrected chi connectivity index (χ1v) is 8.99. The molecule has 0 atom stereocenters. The van der Waals surface area contributed by atoms with Crippen molar-refractivity contribution in [2.45, 2.75) is 0 Å². The number of rotatable bonds is 3. The van der Waals surface area contributed by atoms with Gasteiger partial charge >= 0.3 is 5.97 Å². The molecule has 0 aliphatic carbocycles. The van der Waals surface area contributed by atoms with Crippen molar-refractivity contribution in [3.63, 3.8) is 0 Å². The predicted octanol–water partition coefficient (Wildman–Crippen LogP) is 5.69. The summed E-state index contributed by atoms with van der Waals surface area (Å²) < 4.78 is 16.8. The molecule has 5 nitrogen and oxygen atoms in total. The summed E-state index contributed by atoms with van der Waals surface area (Å²) in [6.45, 7) is 0. The van der Waals surface area contributed by atoms with E-state index < -0.39 is 11.4 Å². The summed E-state index contributed by atoms with van der Waals surface area (Å²) in [6, 6.07) is 16.6. The first-order valence-electron chi connectivity index (χ1n) is 7.82. The van der Waals surface area contributed by atoms with Crippen LogP contribution >= 0.6 is 27.5 Å². The van der Waals surface area contributed by atoms with Gasteiger partial charge in [0.25, 0.3) is 0 Å². The number of benzene rings is 2. The molecule has 0 bridgehead atoms. The van der Waals surface area contributed by atoms with Gasteiger partial charge in [0, 0.05) is 10.6 Å². The highest BCUT2D eigenvalue weighted by Crippen LogP contribution is 2.32. The molecule has 0 aliphatic rings. The summed E-state index contributed by atoms with van der Waals surface area (Å²) in [6.07, 6.45) is 0. The Balaban J connectivity index is 1.92.